The molecule has 4 aromatic rings. The average Bonchev–Trinajstić information content (AvgIpc) is 3.12. The lowest BCUT2D eigenvalue weighted by Gasteiger charge is -2.41. The third kappa shape index (κ3) is 6.64. The zero-order chi connectivity index (χ0) is 38.5. The van der Waals surface area contributed by atoms with Gasteiger partial charge in [-0.2, -0.15) is 0 Å². The van der Waals surface area contributed by atoms with Gasteiger partial charge in [0, 0.05) is 29.7 Å². The molecule has 18 nitrogen and oxygen atoms in total. The Hall–Kier alpha value is -6.63. The molecule has 5 unspecified atom stereocenters. The highest BCUT2D eigenvalue weighted by atomic mass is 16.7. The minimum absolute atomic E-state index is 0.0314. The van der Waals surface area contributed by atoms with E-state index < -0.39 is 129 Å². The molecule has 278 valence electrons. The molecule has 18 heteroatoms. The molecule has 0 amide bonds. The number of fused-ring (bicyclic) bond motifs is 4. The Balaban J connectivity index is 1.29. The molecule has 0 saturated carbocycles. The highest BCUT2D eigenvalue weighted by Crippen LogP contribution is 2.53. The second kappa shape index (κ2) is 13.8. The fourth-order valence-electron chi connectivity index (χ4n) is 5.94. The fourth-order valence-corrected chi connectivity index (χ4v) is 5.94. The second-order valence-electron chi connectivity index (χ2n) is 12.1. The number of aliphatic hydroxyl groups excluding tert-OH is 2. The molecule has 11 N–H and O–H groups in total. The van der Waals surface area contributed by atoms with Crippen molar-refractivity contribution in [3.63, 3.8) is 0 Å². The van der Waals surface area contributed by atoms with Crippen molar-refractivity contribution >= 4 is 17.7 Å². The molecular formula is C35H30O18. The molecule has 1 saturated heterocycles. The first-order valence-electron chi connectivity index (χ1n) is 15.6. The van der Waals surface area contributed by atoms with Crippen LogP contribution in [0.5, 0.6) is 57.5 Å². The van der Waals surface area contributed by atoms with E-state index in [0.29, 0.717) is 17.7 Å². The van der Waals surface area contributed by atoms with Crippen LogP contribution < -0.4 is 4.74 Å². The molecular weight excluding hydrogens is 708 g/mol. The Morgan fingerprint density at radius 1 is 0.698 bits per heavy atom. The van der Waals surface area contributed by atoms with Crippen molar-refractivity contribution in [2.24, 2.45) is 0 Å². The van der Waals surface area contributed by atoms with E-state index in [-0.39, 0.29) is 24.3 Å². The number of hydrogen-bond acceptors (Lipinski definition) is 18. The maximum absolute atomic E-state index is 13.6. The average molecular weight is 739 g/mol. The largest absolute Gasteiger partial charge is 0.508 e. The van der Waals surface area contributed by atoms with Gasteiger partial charge in [-0.15, -0.1) is 0 Å². The Kier molecular flexibility index (Phi) is 9.44. The molecule has 2 aliphatic heterocycles. The predicted molar refractivity (Wildman–Crippen MR) is 173 cm³/mol. The van der Waals surface area contributed by atoms with Crippen molar-refractivity contribution < 1.29 is 89.5 Å². The summed E-state index contributed by atoms with van der Waals surface area (Å²) in [7, 11) is 0. The number of aryl methyl sites for hydroxylation is 1. The number of carbonyl (C=O) groups is 3. The van der Waals surface area contributed by atoms with E-state index >= 15 is 0 Å². The van der Waals surface area contributed by atoms with Gasteiger partial charge in [-0.25, -0.2) is 9.59 Å². The Morgan fingerprint density at radius 2 is 1.25 bits per heavy atom. The Morgan fingerprint density at radius 3 is 1.81 bits per heavy atom. The van der Waals surface area contributed by atoms with Gasteiger partial charge in [-0.1, -0.05) is 12.1 Å². The van der Waals surface area contributed by atoms with Crippen molar-refractivity contribution in [1.29, 1.82) is 0 Å². The molecule has 0 bridgehead atoms. The van der Waals surface area contributed by atoms with Crippen molar-refractivity contribution in [2.75, 3.05) is 6.61 Å². The highest BCUT2D eigenvalue weighted by Gasteiger charge is 2.49. The van der Waals surface area contributed by atoms with Crippen LogP contribution in [0.15, 0.2) is 48.5 Å². The number of phenols is 9. The van der Waals surface area contributed by atoms with E-state index in [1.54, 1.807) is 12.1 Å². The number of Topliss-reactive ketones (excluding diaryl/α,β-unsaturated/α-hetero) is 1. The summed E-state index contributed by atoms with van der Waals surface area (Å²) >= 11 is 0. The van der Waals surface area contributed by atoms with Crippen LogP contribution >= 0.6 is 0 Å². The lowest BCUT2D eigenvalue weighted by molar-refractivity contribution is -0.276. The molecule has 0 radical (unpaired) electrons. The van der Waals surface area contributed by atoms with Crippen LogP contribution in [-0.2, 0) is 20.6 Å². The minimum Gasteiger partial charge on any atom is -0.508 e. The topological polar surface area (TPSA) is 311 Å². The SMILES string of the molecule is O=C1OCC2OC(Oc3cc(O)c(C(=O)CCc4ccc(O)cc4)c(O)c3)C(O)C(O)C2OC(=O)c2cc(O)c(O)c(O)c2-c2c1cc(O)c(O)c2O. The van der Waals surface area contributed by atoms with Gasteiger partial charge >= 0.3 is 11.9 Å². The molecule has 5 atom stereocenters. The number of esters is 2. The van der Waals surface area contributed by atoms with E-state index in [9.17, 15) is 70.6 Å². The summed E-state index contributed by atoms with van der Waals surface area (Å²) in [4.78, 5) is 39.8. The normalized spacial score (nSPS) is 21.2. The molecule has 2 heterocycles. The molecule has 0 aliphatic carbocycles. The first-order valence-corrected chi connectivity index (χ1v) is 15.6. The summed E-state index contributed by atoms with van der Waals surface area (Å²) in [6.45, 7) is -0.897. The lowest BCUT2D eigenvalue weighted by atomic mass is 9.92. The number of aromatic hydroxyl groups is 9. The predicted octanol–water partition coefficient (Wildman–Crippen LogP) is 1.74. The maximum atomic E-state index is 13.6. The summed E-state index contributed by atoms with van der Waals surface area (Å²) < 4.78 is 21.9. The number of ether oxygens (including phenoxy) is 4. The van der Waals surface area contributed by atoms with E-state index in [1.807, 2.05) is 0 Å². The Labute approximate surface area is 296 Å². The number of cyclic esters (lactones) is 1. The van der Waals surface area contributed by atoms with Gasteiger partial charge < -0.3 is 75.1 Å². The summed E-state index contributed by atoms with van der Waals surface area (Å²) in [5.41, 5.74) is -3.10. The smallest absolute Gasteiger partial charge is 0.339 e. The summed E-state index contributed by atoms with van der Waals surface area (Å²) in [6.07, 6.45) is -9.58. The van der Waals surface area contributed by atoms with Crippen LogP contribution in [0.3, 0.4) is 0 Å². The van der Waals surface area contributed by atoms with Crippen molar-refractivity contribution in [3.05, 3.63) is 70.8 Å². The van der Waals surface area contributed by atoms with Gasteiger partial charge in [-0.05, 0) is 36.2 Å². The summed E-state index contributed by atoms with van der Waals surface area (Å²) in [6, 6.07) is 9.05. The number of rotatable bonds is 6. The fraction of sp³-hybridized carbons (Fsp3) is 0.229. The molecule has 4 aromatic carbocycles. The number of benzene rings is 4. The van der Waals surface area contributed by atoms with Gasteiger partial charge in [-0.3, -0.25) is 4.79 Å². The zero-order valence-corrected chi connectivity index (χ0v) is 26.9. The van der Waals surface area contributed by atoms with Crippen molar-refractivity contribution in [2.45, 2.75) is 43.5 Å². The maximum Gasteiger partial charge on any atom is 0.339 e. The van der Waals surface area contributed by atoms with Crippen LogP contribution in [0.1, 0.15) is 43.1 Å². The van der Waals surface area contributed by atoms with E-state index in [1.165, 1.54) is 12.1 Å². The molecule has 0 spiro atoms. The van der Waals surface area contributed by atoms with Crippen molar-refractivity contribution in [3.8, 4) is 68.6 Å². The summed E-state index contributed by atoms with van der Waals surface area (Å²) in [5, 5.41) is 115. The molecule has 1 fully saturated rings. The van der Waals surface area contributed by atoms with Gasteiger partial charge in [0.15, 0.2) is 34.9 Å². The van der Waals surface area contributed by atoms with Gasteiger partial charge in [0.2, 0.25) is 17.8 Å². The first kappa shape index (κ1) is 36.2. The third-order valence-electron chi connectivity index (χ3n) is 8.64. The van der Waals surface area contributed by atoms with Gasteiger partial charge in [0.25, 0.3) is 0 Å². The van der Waals surface area contributed by atoms with Gasteiger partial charge in [0.1, 0.15) is 53.5 Å². The number of carbonyl (C=O) groups excluding carboxylic acids is 3. The Bertz CT molecular complexity index is 2100. The van der Waals surface area contributed by atoms with E-state index in [2.05, 4.69) is 0 Å². The molecule has 6 rings (SSSR count). The van der Waals surface area contributed by atoms with Crippen LogP contribution in [-0.4, -0.2) is 111 Å². The third-order valence-corrected chi connectivity index (χ3v) is 8.64. The molecule has 0 aromatic heterocycles. The second-order valence-corrected chi connectivity index (χ2v) is 12.1. The highest BCUT2D eigenvalue weighted by molar-refractivity contribution is 6.08. The standard InChI is InChI=1S/C35H30O18/c36-13-4-1-12(2-5-13)3-6-17(37)25-18(38)7-14(8-19(25)39)51-35-31(47)30(46)32-22(52-35)11-50-33(48)15-9-20(40)26(42)28(44)23(15)24-16(34(49)53-32)10-21(41)27(43)29(24)45/h1-2,4-5,7-10,22,30-32,35-36,38-47H,3,6,11H2. The number of hydrogen-bond donors (Lipinski definition) is 11. The zero-order valence-electron chi connectivity index (χ0n) is 26.9. The minimum atomic E-state index is -2.10. The van der Waals surface area contributed by atoms with E-state index in [0.717, 1.165) is 12.1 Å². The summed E-state index contributed by atoms with van der Waals surface area (Å²) in [5.74, 6) is -12.4. The molecule has 53 heavy (non-hydrogen) atoms. The molecule has 2 aliphatic rings. The van der Waals surface area contributed by atoms with Gasteiger partial charge in [0.05, 0.1) is 11.1 Å². The van der Waals surface area contributed by atoms with Crippen LogP contribution in [0.25, 0.3) is 11.1 Å². The number of phenolic OH excluding ortho intramolecular Hbond substituents is 9. The monoisotopic (exact) mass is 738 g/mol. The van der Waals surface area contributed by atoms with Crippen LogP contribution in [0, 0.1) is 0 Å². The number of ketones is 1. The number of aliphatic hydroxyl groups is 2. The van der Waals surface area contributed by atoms with Crippen molar-refractivity contribution in [1.82, 2.24) is 0 Å². The van der Waals surface area contributed by atoms with E-state index in [4.69, 9.17) is 18.9 Å². The quantitative estimate of drug-likeness (QED) is 0.0762. The first-order chi connectivity index (χ1) is 25.1. The lowest BCUT2D eigenvalue weighted by Crippen LogP contribution is -2.61. The van der Waals surface area contributed by atoms with Crippen LogP contribution in [0.2, 0.25) is 0 Å². The van der Waals surface area contributed by atoms with Crippen LogP contribution in [0.4, 0.5) is 0 Å².